The van der Waals surface area contributed by atoms with Crippen LogP contribution >= 0.6 is 0 Å². The molecule has 2 N–H and O–H groups in total. The third kappa shape index (κ3) is 7.00. The third-order valence-corrected chi connectivity index (χ3v) is 4.89. The van der Waals surface area contributed by atoms with Gasteiger partial charge in [-0.2, -0.15) is 0 Å². The van der Waals surface area contributed by atoms with E-state index in [0.29, 0.717) is 18.1 Å². The zero-order valence-corrected chi connectivity index (χ0v) is 19.3. The maximum Gasteiger partial charge on any atom is 0.224 e. The van der Waals surface area contributed by atoms with Crippen molar-refractivity contribution < 1.29 is 4.79 Å². The van der Waals surface area contributed by atoms with Gasteiger partial charge in [0.25, 0.3) is 0 Å². The van der Waals surface area contributed by atoms with Gasteiger partial charge in [-0.1, -0.05) is 31.7 Å². The molecule has 1 aliphatic rings. The molecule has 7 nitrogen and oxygen atoms in total. The number of allylic oxidation sites excluding steroid dienone is 4. The smallest absolute Gasteiger partial charge is 0.224 e. The molecule has 0 radical (unpaired) electrons. The minimum Gasteiger partial charge on any atom is -0.359 e. The van der Waals surface area contributed by atoms with Gasteiger partial charge in [0.1, 0.15) is 6.17 Å². The van der Waals surface area contributed by atoms with Crippen molar-refractivity contribution in [2.24, 2.45) is 9.98 Å². The zero-order chi connectivity index (χ0) is 23.6. The normalized spacial score (nSPS) is 15.8. The maximum atomic E-state index is 11.7. The molecule has 2 heterocycles. The SMILES string of the molecule is C=C/C=C\N(C)C1CC(/C=C\CC)=NC(Nc2cc(NC(C)=O)cc(-c3cccnc3)c2)=N1. The van der Waals surface area contributed by atoms with E-state index in [1.807, 2.05) is 60.6 Å². The van der Waals surface area contributed by atoms with Crippen molar-refractivity contribution >= 4 is 29.0 Å². The van der Waals surface area contributed by atoms with Crippen molar-refractivity contribution in [2.75, 3.05) is 17.7 Å². The van der Waals surface area contributed by atoms with Crippen LogP contribution in [0.3, 0.4) is 0 Å². The summed E-state index contributed by atoms with van der Waals surface area (Å²) in [6.45, 7) is 7.32. The predicted octanol–water partition coefficient (Wildman–Crippen LogP) is 5.24. The third-order valence-electron chi connectivity index (χ3n) is 4.89. The molecule has 0 spiro atoms. The zero-order valence-electron chi connectivity index (χ0n) is 19.3. The molecule has 1 unspecified atom stereocenters. The van der Waals surface area contributed by atoms with E-state index in [-0.39, 0.29) is 12.1 Å². The van der Waals surface area contributed by atoms with E-state index in [1.54, 1.807) is 18.5 Å². The van der Waals surface area contributed by atoms with Crippen molar-refractivity contribution in [2.45, 2.75) is 32.9 Å². The second-order valence-corrected chi connectivity index (χ2v) is 7.64. The molecule has 0 saturated carbocycles. The van der Waals surface area contributed by atoms with Crippen LogP contribution in [0.4, 0.5) is 11.4 Å². The molecular formula is C26H30N6O. The van der Waals surface area contributed by atoms with E-state index >= 15 is 0 Å². The highest BCUT2D eigenvalue weighted by atomic mass is 16.1. The number of aromatic nitrogens is 1. The number of carbonyl (C=O) groups is 1. The molecule has 1 aliphatic heterocycles. The van der Waals surface area contributed by atoms with Gasteiger partial charge in [-0.25, -0.2) is 9.98 Å². The van der Waals surface area contributed by atoms with E-state index in [9.17, 15) is 4.79 Å². The first-order valence-corrected chi connectivity index (χ1v) is 10.9. The summed E-state index contributed by atoms with van der Waals surface area (Å²) in [6.07, 6.45) is 14.8. The fourth-order valence-electron chi connectivity index (χ4n) is 3.34. The van der Waals surface area contributed by atoms with Gasteiger partial charge in [-0.15, -0.1) is 0 Å². The number of hydrogen-bond donors (Lipinski definition) is 2. The van der Waals surface area contributed by atoms with Crippen LogP contribution in [-0.2, 0) is 4.79 Å². The second-order valence-electron chi connectivity index (χ2n) is 7.64. The number of benzene rings is 1. The number of nitrogens with one attached hydrogen (secondary N) is 2. The van der Waals surface area contributed by atoms with Crippen LogP contribution in [0.5, 0.6) is 0 Å². The number of anilines is 2. The molecule has 0 aliphatic carbocycles. The fourth-order valence-corrected chi connectivity index (χ4v) is 3.34. The van der Waals surface area contributed by atoms with Crippen molar-refractivity contribution in [3.05, 3.63) is 79.8 Å². The van der Waals surface area contributed by atoms with Gasteiger partial charge < -0.3 is 15.5 Å². The summed E-state index contributed by atoms with van der Waals surface area (Å²) in [5, 5.41) is 6.20. The average molecular weight is 443 g/mol. The molecule has 0 saturated heterocycles. The number of guanidine groups is 1. The molecule has 1 aromatic heterocycles. The van der Waals surface area contributed by atoms with Crippen LogP contribution in [0.1, 0.15) is 26.7 Å². The lowest BCUT2D eigenvalue weighted by Gasteiger charge is -2.27. The molecule has 0 fully saturated rings. The summed E-state index contributed by atoms with van der Waals surface area (Å²) in [5.41, 5.74) is 4.27. The van der Waals surface area contributed by atoms with Crippen LogP contribution in [-0.4, -0.2) is 40.7 Å². The highest BCUT2D eigenvalue weighted by Crippen LogP contribution is 2.27. The van der Waals surface area contributed by atoms with Crippen molar-refractivity contribution in [1.29, 1.82) is 0 Å². The van der Waals surface area contributed by atoms with E-state index in [0.717, 1.165) is 28.9 Å². The average Bonchev–Trinajstić information content (AvgIpc) is 2.81. The quantitative estimate of drug-likeness (QED) is 0.548. The molecule has 1 amide bonds. The lowest BCUT2D eigenvalue weighted by Crippen LogP contribution is -2.33. The van der Waals surface area contributed by atoms with Gasteiger partial charge in [0.2, 0.25) is 11.9 Å². The Balaban J connectivity index is 1.96. The maximum absolute atomic E-state index is 11.7. The monoisotopic (exact) mass is 442 g/mol. The van der Waals surface area contributed by atoms with Crippen LogP contribution in [0.15, 0.2) is 89.8 Å². The Morgan fingerprint density at radius 2 is 2.09 bits per heavy atom. The van der Waals surface area contributed by atoms with Gasteiger partial charge >= 0.3 is 0 Å². The Bertz CT molecular complexity index is 1100. The first-order chi connectivity index (χ1) is 16.0. The highest BCUT2D eigenvalue weighted by molar-refractivity contribution is 6.09. The van der Waals surface area contributed by atoms with Crippen molar-refractivity contribution in [3.63, 3.8) is 0 Å². The standard InChI is InChI=1S/C26H30N6O/c1-5-7-11-22-17-25(32(4)13-8-6-2)31-26(29-22)30-24-15-21(20-10-9-12-27-18-20)14-23(16-24)28-19(3)33/h6-16,18,25H,2,5,17H2,1,3-4H3,(H,28,33)(H,30,31)/b11-7-,13-8-. The Labute approximate surface area is 195 Å². The molecule has 1 aromatic carbocycles. The Kier molecular flexibility index (Phi) is 8.30. The lowest BCUT2D eigenvalue weighted by atomic mass is 10.1. The number of hydrogen-bond acceptors (Lipinski definition) is 6. The first kappa shape index (κ1) is 23.7. The summed E-state index contributed by atoms with van der Waals surface area (Å²) in [4.78, 5) is 27.5. The van der Waals surface area contributed by atoms with E-state index in [4.69, 9.17) is 9.98 Å². The Hall–Kier alpha value is -4.00. The first-order valence-electron chi connectivity index (χ1n) is 10.9. The van der Waals surface area contributed by atoms with Crippen LogP contribution < -0.4 is 10.6 Å². The van der Waals surface area contributed by atoms with Gasteiger partial charge in [-0.3, -0.25) is 9.78 Å². The number of carbonyl (C=O) groups excluding carboxylic acids is 1. The van der Waals surface area contributed by atoms with Gasteiger partial charge in [0, 0.05) is 61.6 Å². The second kappa shape index (κ2) is 11.6. The minimum absolute atomic E-state index is 0.103. The minimum atomic E-state index is -0.139. The number of rotatable bonds is 8. The van der Waals surface area contributed by atoms with E-state index in [1.165, 1.54) is 6.92 Å². The summed E-state index contributed by atoms with van der Waals surface area (Å²) >= 11 is 0. The topological polar surface area (TPSA) is 82.0 Å². The molecule has 170 valence electrons. The Morgan fingerprint density at radius 3 is 2.79 bits per heavy atom. The highest BCUT2D eigenvalue weighted by Gasteiger charge is 2.19. The van der Waals surface area contributed by atoms with Crippen LogP contribution in [0.2, 0.25) is 0 Å². The van der Waals surface area contributed by atoms with Gasteiger partial charge in [0.15, 0.2) is 0 Å². The summed E-state index contributed by atoms with van der Waals surface area (Å²) in [6, 6.07) is 9.64. The van der Waals surface area contributed by atoms with Gasteiger partial charge in [0.05, 0.1) is 0 Å². The number of amides is 1. The summed E-state index contributed by atoms with van der Waals surface area (Å²) in [5.74, 6) is 0.373. The fraction of sp³-hybridized carbons (Fsp3) is 0.231. The number of pyridine rings is 1. The predicted molar refractivity (Wildman–Crippen MR) is 137 cm³/mol. The van der Waals surface area contributed by atoms with Crippen molar-refractivity contribution in [1.82, 2.24) is 9.88 Å². The van der Waals surface area contributed by atoms with Crippen LogP contribution in [0, 0.1) is 0 Å². The number of aliphatic imine (C=N–C) groups is 2. The molecule has 0 bridgehead atoms. The Morgan fingerprint density at radius 1 is 1.27 bits per heavy atom. The lowest BCUT2D eigenvalue weighted by molar-refractivity contribution is -0.114. The molecular weight excluding hydrogens is 412 g/mol. The van der Waals surface area contributed by atoms with Crippen LogP contribution in [0.25, 0.3) is 11.1 Å². The number of nitrogens with zero attached hydrogens (tertiary/aromatic N) is 4. The van der Waals surface area contributed by atoms with E-state index in [2.05, 4.69) is 35.2 Å². The summed E-state index contributed by atoms with van der Waals surface area (Å²) in [7, 11) is 1.98. The summed E-state index contributed by atoms with van der Waals surface area (Å²) < 4.78 is 0. The molecule has 33 heavy (non-hydrogen) atoms. The molecule has 1 atom stereocenters. The van der Waals surface area contributed by atoms with Crippen molar-refractivity contribution in [3.8, 4) is 11.1 Å². The largest absolute Gasteiger partial charge is 0.359 e. The molecule has 7 heteroatoms. The molecule has 2 aromatic rings. The van der Waals surface area contributed by atoms with Gasteiger partial charge in [-0.05, 0) is 48.4 Å². The molecule has 3 rings (SSSR count). The van der Waals surface area contributed by atoms with E-state index < -0.39 is 0 Å².